The number of hydrogen-bond donors (Lipinski definition) is 2. The highest BCUT2D eigenvalue weighted by Crippen LogP contribution is 2.37. The number of nitrogens with zero attached hydrogens (tertiary/aromatic N) is 1. The Kier molecular flexibility index (Phi) is 9.29. The zero-order chi connectivity index (χ0) is 30.3. The lowest BCUT2D eigenvalue weighted by Gasteiger charge is -2.28. The van der Waals surface area contributed by atoms with E-state index >= 15 is 0 Å². The van der Waals surface area contributed by atoms with Crippen molar-refractivity contribution in [3.8, 4) is 22.3 Å². The smallest absolute Gasteiger partial charge is 0.327 e. The monoisotopic (exact) mass is 606 g/mol. The number of thioether (sulfide) groups is 1. The summed E-state index contributed by atoms with van der Waals surface area (Å²) in [5, 5.41) is 13.4. The third kappa shape index (κ3) is 6.98. The van der Waals surface area contributed by atoms with Crippen LogP contribution in [0.2, 0.25) is 0 Å². The van der Waals surface area contributed by atoms with Gasteiger partial charge in [-0.2, -0.15) is 11.8 Å². The number of ether oxygens (including phenoxy) is 1. The molecule has 2 N–H and O–H groups in total. The van der Waals surface area contributed by atoms with Gasteiger partial charge in [-0.3, -0.25) is 0 Å². The fraction of sp³-hybridized carbons (Fsp3) is 0.222. The molecule has 7 nitrogen and oxygen atoms in total. The summed E-state index contributed by atoms with van der Waals surface area (Å²) in [6.45, 7) is 1.88. The molecule has 6 rings (SSSR count). The minimum atomic E-state index is -1.03. The Bertz CT molecular complexity index is 1710. The van der Waals surface area contributed by atoms with Gasteiger partial charge in [0.2, 0.25) is 0 Å². The maximum Gasteiger partial charge on any atom is 0.327 e. The molecule has 1 atom stereocenters. The van der Waals surface area contributed by atoms with E-state index in [2.05, 4.69) is 84.2 Å². The molecule has 8 heteroatoms. The fourth-order valence-electron chi connectivity index (χ4n) is 5.42. The van der Waals surface area contributed by atoms with Crippen molar-refractivity contribution in [2.75, 3.05) is 32.1 Å². The summed E-state index contributed by atoms with van der Waals surface area (Å²) in [5.74, 6) is 0.851. The molecule has 0 spiro atoms. The number of furan rings is 1. The summed E-state index contributed by atoms with van der Waals surface area (Å²) in [7, 11) is 0. The number of urea groups is 1. The van der Waals surface area contributed by atoms with Crippen LogP contribution in [-0.4, -0.2) is 60.1 Å². The summed E-state index contributed by atoms with van der Waals surface area (Å²) in [5.41, 5.74) is 7.65. The number of para-hydroxylation sites is 1. The third-order valence-corrected chi connectivity index (χ3v) is 8.89. The molecule has 0 unspecified atom stereocenters. The van der Waals surface area contributed by atoms with E-state index in [0.29, 0.717) is 32.1 Å². The average molecular weight is 607 g/mol. The van der Waals surface area contributed by atoms with Crippen molar-refractivity contribution in [1.29, 1.82) is 0 Å². The van der Waals surface area contributed by atoms with Crippen molar-refractivity contribution < 1.29 is 23.8 Å². The number of carboxylic acid groups (broad SMARTS) is 1. The second kappa shape index (κ2) is 13.8. The van der Waals surface area contributed by atoms with Crippen molar-refractivity contribution in [3.05, 3.63) is 120 Å². The number of nitrogens with one attached hydrogen (secondary N) is 1. The standard InChI is InChI=1S/C36H34N2O5S/c39-35(40)31(37-36(41)38-18-20-42-21-19-38)24-44-23-26-10-12-27(13-11-26)28-14-16-29(17-15-28)34-30-8-4-5-9-32(30)43-33(34)22-25-6-2-1-3-7-25/h1-17,31H,18-24H2,(H,37,41)(H,39,40)/t31-/m0/s1. The molecule has 0 bridgehead atoms. The van der Waals surface area contributed by atoms with Crippen LogP contribution in [0.3, 0.4) is 0 Å². The Balaban J connectivity index is 1.10. The van der Waals surface area contributed by atoms with Gasteiger partial charge in [0, 0.05) is 42.0 Å². The first-order valence-electron chi connectivity index (χ1n) is 14.7. The van der Waals surface area contributed by atoms with Crippen LogP contribution in [0.4, 0.5) is 4.79 Å². The highest BCUT2D eigenvalue weighted by atomic mass is 32.2. The predicted molar refractivity (Wildman–Crippen MR) is 175 cm³/mol. The Labute approximate surface area is 260 Å². The maximum atomic E-state index is 12.4. The van der Waals surface area contributed by atoms with Crippen molar-refractivity contribution in [2.24, 2.45) is 0 Å². The normalized spacial score (nSPS) is 14.0. The van der Waals surface area contributed by atoms with Gasteiger partial charge in [-0.05, 0) is 33.9 Å². The summed E-state index contributed by atoms with van der Waals surface area (Å²) >= 11 is 1.49. The van der Waals surface area contributed by atoms with Crippen LogP contribution in [0, 0.1) is 0 Å². The van der Waals surface area contributed by atoms with Gasteiger partial charge in [0.15, 0.2) is 0 Å². The van der Waals surface area contributed by atoms with Crippen LogP contribution in [-0.2, 0) is 21.7 Å². The third-order valence-electron chi connectivity index (χ3n) is 7.78. The van der Waals surface area contributed by atoms with E-state index in [1.54, 1.807) is 4.90 Å². The number of morpholine rings is 1. The molecule has 0 saturated carbocycles. The molecule has 1 aromatic heterocycles. The second-order valence-electron chi connectivity index (χ2n) is 10.8. The van der Waals surface area contributed by atoms with Crippen LogP contribution in [0.15, 0.2) is 108 Å². The Morgan fingerprint density at radius 1 is 0.795 bits per heavy atom. The number of aliphatic carboxylic acids is 1. The number of carbonyl (C=O) groups excluding carboxylic acids is 1. The molecule has 0 radical (unpaired) electrons. The van der Waals surface area contributed by atoms with Gasteiger partial charge in [0.05, 0.1) is 13.2 Å². The second-order valence-corrected chi connectivity index (χ2v) is 11.8. The quantitative estimate of drug-likeness (QED) is 0.176. The number of rotatable bonds is 10. The SMILES string of the molecule is O=C(O)[C@H](CSCc1ccc(-c2ccc(-c3c(Cc4ccccc4)oc4ccccc34)cc2)cc1)NC(=O)N1CCOCC1. The van der Waals surface area contributed by atoms with Gasteiger partial charge in [0.1, 0.15) is 17.4 Å². The number of hydrogen-bond acceptors (Lipinski definition) is 5. The summed E-state index contributed by atoms with van der Waals surface area (Å²) in [4.78, 5) is 25.8. The van der Waals surface area contributed by atoms with Crippen LogP contribution in [0.1, 0.15) is 16.9 Å². The molecule has 1 fully saturated rings. The molecule has 4 aromatic carbocycles. The first kappa shape index (κ1) is 29.5. The zero-order valence-electron chi connectivity index (χ0n) is 24.3. The van der Waals surface area contributed by atoms with E-state index < -0.39 is 12.0 Å². The first-order valence-corrected chi connectivity index (χ1v) is 15.9. The van der Waals surface area contributed by atoms with E-state index in [1.807, 2.05) is 24.3 Å². The number of carbonyl (C=O) groups is 2. The Morgan fingerprint density at radius 2 is 1.43 bits per heavy atom. The summed E-state index contributed by atoms with van der Waals surface area (Å²) in [6.07, 6.45) is 0.722. The molecule has 2 heterocycles. The van der Waals surface area contributed by atoms with E-state index in [4.69, 9.17) is 9.15 Å². The van der Waals surface area contributed by atoms with Crippen LogP contribution in [0.25, 0.3) is 33.2 Å². The molecular weight excluding hydrogens is 572 g/mol. The van der Waals surface area contributed by atoms with Crippen LogP contribution >= 0.6 is 11.8 Å². The van der Waals surface area contributed by atoms with Gasteiger partial charge in [-0.1, -0.05) is 97.1 Å². The Hall–Kier alpha value is -4.53. The van der Waals surface area contributed by atoms with Crippen LogP contribution < -0.4 is 5.32 Å². The van der Waals surface area contributed by atoms with Crippen molar-refractivity contribution in [2.45, 2.75) is 18.2 Å². The average Bonchev–Trinajstić information content (AvgIpc) is 3.43. The van der Waals surface area contributed by atoms with E-state index in [9.17, 15) is 14.7 Å². The molecule has 1 aliphatic rings. The largest absolute Gasteiger partial charge is 0.480 e. The molecule has 224 valence electrons. The van der Waals surface area contributed by atoms with Crippen molar-refractivity contribution in [1.82, 2.24) is 10.2 Å². The lowest BCUT2D eigenvalue weighted by molar-refractivity contribution is -0.138. The topological polar surface area (TPSA) is 92.0 Å². The number of benzene rings is 4. The Morgan fingerprint density at radius 3 is 2.14 bits per heavy atom. The molecular formula is C36H34N2O5S. The molecule has 44 heavy (non-hydrogen) atoms. The highest BCUT2D eigenvalue weighted by Gasteiger charge is 2.24. The van der Waals surface area contributed by atoms with Crippen molar-refractivity contribution >= 4 is 34.7 Å². The maximum absolute atomic E-state index is 12.4. The minimum absolute atomic E-state index is 0.281. The van der Waals surface area contributed by atoms with E-state index in [-0.39, 0.29) is 11.8 Å². The zero-order valence-corrected chi connectivity index (χ0v) is 25.1. The number of carboxylic acids is 1. The number of fused-ring (bicyclic) bond motifs is 1. The predicted octanol–water partition coefficient (Wildman–Crippen LogP) is 7.09. The lowest BCUT2D eigenvalue weighted by Crippen LogP contribution is -2.52. The van der Waals surface area contributed by atoms with Gasteiger partial charge in [-0.15, -0.1) is 0 Å². The summed E-state index contributed by atoms with van der Waals surface area (Å²) < 4.78 is 11.6. The van der Waals surface area contributed by atoms with Crippen molar-refractivity contribution in [3.63, 3.8) is 0 Å². The van der Waals surface area contributed by atoms with E-state index in [0.717, 1.165) is 51.0 Å². The fourth-order valence-corrected chi connectivity index (χ4v) is 6.42. The molecule has 1 saturated heterocycles. The van der Waals surface area contributed by atoms with Gasteiger partial charge in [-0.25, -0.2) is 9.59 Å². The lowest BCUT2D eigenvalue weighted by atomic mass is 9.96. The first-order chi connectivity index (χ1) is 21.5. The van der Waals surface area contributed by atoms with Gasteiger partial charge < -0.3 is 24.5 Å². The highest BCUT2D eigenvalue weighted by molar-refractivity contribution is 7.98. The van der Waals surface area contributed by atoms with Crippen LogP contribution in [0.5, 0.6) is 0 Å². The molecule has 5 aromatic rings. The summed E-state index contributed by atoms with van der Waals surface area (Å²) in [6, 6.07) is 34.2. The van der Waals surface area contributed by atoms with Gasteiger partial charge >= 0.3 is 12.0 Å². The molecule has 0 aliphatic carbocycles. The van der Waals surface area contributed by atoms with Gasteiger partial charge in [0.25, 0.3) is 0 Å². The minimum Gasteiger partial charge on any atom is -0.480 e. The van der Waals surface area contributed by atoms with E-state index in [1.165, 1.54) is 17.3 Å². The molecule has 2 amide bonds. The molecule has 1 aliphatic heterocycles. The number of amides is 2.